The molecular formula is C14H25NO. The molecule has 3 aliphatic rings. The Morgan fingerprint density at radius 2 is 2.00 bits per heavy atom. The van der Waals surface area contributed by atoms with Gasteiger partial charge in [0.05, 0.1) is 5.60 Å². The fourth-order valence-electron chi connectivity index (χ4n) is 3.61. The van der Waals surface area contributed by atoms with Crippen LogP contribution >= 0.6 is 0 Å². The molecule has 2 atom stereocenters. The normalized spacial score (nSPS) is 40.7. The maximum absolute atomic E-state index is 10.6. The molecule has 0 aromatic rings. The van der Waals surface area contributed by atoms with Crippen molar-refractivity contribution in [1.29, 1.82) is 0 Å². The number of fused-ring (bicyclic) bond motifs is 1. The van der Waals surface area contributed by atoms with E-state index in [-0.39, 0.29) is 5.60 Å². The van der Waals surface area contributed by atoms with Gasteiger partial charge in [-0.1, -0.05) is 25.7 Å². The zero-order valence-corrected chi connectivity index (χ0v) is 10.3. The fraction of sp³-hybridized carbons (Fsp3) is 1.00. The van der Waals surface area contributed by atoms with Crippen LogP contribution in [0.3, 0.4) is 0 Å². The maximum Gasteiger partial charge on any atom is 0.0700 e. The van der Waals surface area contributed by atoms with Crippen LogP contribution in [0.5, 0.6) is 0 Å². The molecule has 1 heterocycles. The van der Waals surface area contributed by atoms with Crippen LogP contribution in [-0.2, 0) is 0 Å². The summed E-state index contributed by atoms with van der Waals surface area (Å²) in [5.74, 6) is 1.63. The minimum atomic E-state index is -0.283. The van der Waals surface area contributed by atoms with E-state index in [9.17, 15) is 5.11 Å². The van der Waals surface area contributed by atoms with Gasteiger partial charge in [0.15, 0.2) is 0 Å². The van der Waals surface area contributed by atoms with Gasteiger partial charge in [-0.3, -0.25) is 0 Å². The molecule has 0 amide bonds. The second-order valence-electron chi connectivity index (χ2n) is 6.33. The molecule has 2 heteroatoms. The van der Waals surface area contributed by atoms with Crippen LogP contribution in [0.4, 0.5) is 0 Å². The Kier molecular flexibility index (Phi) is 2.97. The molecule has 0 radical (unpaired) electrons. The molecule has 16 heavy (non-hydrogen) atoms. The van der Waals surface area contributed by atoms with Gasteiger partial charge in [-0.15, -0.1) is 0 Å². The van der Waals surface area contributed by atoms with E-state index in [2.05, 4.69) is 4.90 Å². The molecule has 1 saturated heterocycles. The number of likely N-dealkylation sites (tertiary alicyclic amines) is 1. The Balaban J connectivity index is 1.52. The number of hydrogen-bond donors (Lipinski definition) is 1. The third-order valence-electron chi connectivity index (χ3n) is 5.06. The highest BCUT2D eigenvalue weighted by molar-refractivity contribution is 4.95. The van der Waals surface area contributed by atoms with Crippen molar-refractivity contribution in [2.45, 2.75) is 57.0 Å². The number of aliphatic hydroxyl groups is 1. The highest BCUT2D eigenvalue weighted by atomic mass is 16.3. The Morgan fingerprint density at radius 1 is 1.12 bits per heavy atom. The van der Waals surface area contributed by atoms with E-state index in [0.29, 0.717) is 5.92 Å². The quantitative estimate of drug-likeness (QED) is 0.794. The summed E-state index contributed by atoms with van der Waals surface area (Å²) in [6.45, 7) is 3.60. The first-order valence-corrected chi connectivity index (χ1v) is 7.21. The first-order valence-electron chi connectivity index (χ1n) is 7.21. The van der Waals surface area contributed by atoms with Gasteiger partial charge >= 0.3 is 0 Å². The van der Waals surface area contributed by atoms with Gasteiger partial charge < -0.3 is 10.0 Å². The van der Waals surface area contributed by atoms with Crippen LogP contribution in [0, 0.1) is 11.8 Å². The lowest BCUT2D eigenvalue weighted by atomic mass is 9.71. The smallest absolute Gasteiger partial charge is 0.0700 e. The SMILES string of the molecule is OC12CCCCC1CN(CCC1CC1)CC2. The second-order valence-corrected chi connectivity index (χ2v) is 6.33. The van der Waals surface area contributed by atoms with Crippen molar-refractivity contribution >= 4 is 0 Å². The largest absolute Gasteiger partial charge is 0.390 e. The molecule has 3 fully saturated rings. The van der Waals surface area contributed by atoms with Crippen molar-refractivity contribution in [1.82, 2.24) is 4.90 Å². The standard InChI is InChI=1S/C14H25NO/c16-14-7-2-1-3-13(14)11-15(10-8-14)9-6-12-4-5-12/h12-13,16H,1-11H2. The van der Waals surface area contributed by atoms with Crippen LogP contribution in [-0.4, -0.2) is 35.2 Å². The average molecular weight is 223 g/mol. The summed E-state index contributed by atoms with van der Waals surface area (Å²) in [5, 5.41) is 10.6. The third kappa shape index (κ3) is 2.28. The minimum Gasteiger partial charge on any atom is -0.390 e. The van der Waals surface area contributed by atoms with Crippen LogP contribution in [0.1, 0.15) is 51.4 Å². The van der Waals surface area contributed by atoms with Crippen molar-refractivity contribution in [3.05, 3.63) is 0 Å². The summed E-state index contributed by atoms with van der Waals surface area (Å²) < 4.78 is 0. The lowest BCUT2D eigenvalue weighted by Gasteiger charge is -2.47. The molecule has 2 saturated carbocycles. The number of hydrogen-bond acceptors (Lipinski definition) is 2. The molecule has 0 aromatic carbocycles. The molecule has 1 aliphatic heterocycles. The van der Waals surface area contributed by atoms with Crippen molar-refractivity contribution in [2.75, 3.05) is 19.6 Å². The summed E-state index contributed by atoms with van der Waals surface area (Å²) in [6, 6.07) is 0. The summed E-state index contributed by atoms with van der Waals surface area (Å²) in [5.41, 5.74) is -0.283. The summed E-state index contributed by atoms with van der Waals surface area (Å²) in [4.78, 5) is 2.61. The Morgan fingerprint density at radius 3 is 2.81 bits per heavy atom. The van der Waals surface area contributed by atoms with Crippen LogP contribution in [0.15, 0.2) is 0 Å². The van der Waals surface area contributed by atoms with Crippen LogP contribution < -0.4 is 0 Å². The molecule has 0 aromatic heterocycles. The Labute approximate surface area is 99.0 Å². The van der Waals surface area contributed by atoms with Gasteiger partial charge in [0, 0.05) is 19.0 Å². The summed E-state index contributed by atoms with van der Waals surface area (Å²) in [7, 11) is 0. The van der Waals surface area contributed by atoms with Crippen LogP contribution in [0.25, 0.3) is 0 Å². The maximum atomic E-state index is 10.6. The lowest BCUT2D eigenvalue weighted by molar-refractivity contribution is -0.0954. The molecule has 1 N–H and O–H groups in total. The lowest BCUT2D eigenvalue weighted by Crippen LogP contribution is -2.53. The van der Waals surface area contributed by atoms with Crippen molar-refractivity contribution < 1.29 is 5.11 Å². The van der Waals surface area contributed by atoms with Gasteiger partial charge in [-0.2, -0.15) is 0 Å². The Hall–Kier alpha value is -0.0800. The summed E-state index contributed by atoms with van der Waals surface area (Å²) >= 11 is 0. The van der Waals surface area contributed by atoms with Gasteiger partial charge in [0.2, 0.25) is 0 Å². The van der Waals surface area contributed by atoms with E-state index in [1.54, 1.807) is 0 Å². The van der Waals surface area contributed by atoms with E-state index in [1.165, 1.54) is 51.6 Å². The third-order valence-corrected chi connectivity index (χ3v) is 5.06. The molecule has 2 nitrogen and oxygen atoms in total. The molecular weight excluding hydrogens is 198 g/mol. The number of nitrogens with zero attached hydrogens (tertiary/aromatic N) is 1. The van der Waals surface area contributed by atoms with Gasteiger partial charge in [0.1, 0.15) is 0 Å². The Bertz CT molecular complexity index is 251. The number of piperidine rings is 1. The van der Waals surface area contributed by atoms with E-state index >= 15 is 0 Å². The second kappa shape index (κ2) is 4.30. The predicted molar refractivity (Wildman–Crippen MR) is 65.3 cm³/mol. The zero-order valence-electron chi connectivity index (χ0n) is 10.3. The first-order chi connectivity index (χ1) is 7.76. The van der Waals surface area contributed by atoms with Crippen LogP contribution in [0.2, 0.25) is 0 Å². The molecule has 0 bridgehead atoms. The van der Waals surface area contributed by atoms with E-state index < -0.39 is 0 Å². The summed E-state index contributed by atoms with van der Waals surface area (Å²) in [6.07, 6.45) is 10.3. The molecule has 2 aliphatic carbocycles. The van der Waals surface area contributed by atoms with E-state index in [0.717, 1.165) is 25.3 Å². The molecule has 3 rings (SSSR count). The fourth-order valence-corrected chi connectivity index (χ4v) is 3.61. The highest BCUT2D eigenvalue weighted by Crippen LogP contribution is 2.40. The predicted octanol–water partition coefficient (Wildman–Crippen LogP) is 2.41. The van der Waals surface area contributed by atoms with Gasteiger partial charge in [-0.25, -0.2) is 0 Å². The molecule has 2 unspecified atom stereocenters. The topological polar surface area (TPSA) is 23.5 Å². The zero-order chi connectivity index (χ0) is 11.0. The highest BCUT2D eigenvalue weighted by Gasteiger charge is 2.42. The molecule has 92 valence electrons. The van der Waals surface area contributed by atoms with Gasteiger partial charge in [-0.05, 0) is 38.1 Å². The van der Waals surface area contributed by atoms with Gasteiger partial charge in [0.25, 0.3) is 0 Å². The monoisotopic (exact) mass is 223 g/mol. The minimum absolute atomic E-state index is 0.283. The first kappa shape index (κ1) is 11.0. The van der Waals surface area contributed by atoms with Crippen molar-refractivity contribution in [2.24, 2.45) is 11.8 Å². The molecule has 0 spiro atoms. The average Bonchev–Trinajstić information content (AvgIpc) is 3.10. The van der Waals surface area contributed by atoms with E-state index in [1.807, 2.05) is 0 Å². The van der Waals surface area contributed by atoms with Crippen molar-refractivity contribution in [3.63, 3.8) is 0 Å². The van der Waals surface area contributed by atoms with E-state index in [4.69, 9.17) is 0 Å². The van der Waals surface area contributed by atoms with Crippen molar-refractivity contribution in [3.8, 4) is 0 Å². The number of rotatable bonds is 3.